The molecule has 0 amide bonds. The number of hydrogen-bond acceptors (Lipinski definition) is 2. The topological polar surface area (TPSA) is 16.4 Å². The SMILES string of the molecule is c1ccc(-c2ccc(-c3ccc(N(c4ccc(-c5ccc6ccccc6c5)cc4)c4ccc(-c5ccc6c(ccc7ccccc76)c5)cc4)cc3)cc2-c2cc3ccccc3o2)cc1. The average Bonchev–Trinajstić information content (AvgIpc) is 3.81. The molecular formula is C62H41NO. The molecule has 0 spiro atoms. The van der Waals surface area contributed by atoms with Gasteiger partial charge in [-0.05, 0) is 144 Å². The summed E-state index contributed by atoms with van der Waals surface area (Å²) in [5, 5.41) is 8.65. The zero-order valence-corrected chi connectivity index (χ0v) is 35.0. The summed E-state index contributed by atoms with van der Waals surface area (Å²) in [5.74, 6) is 0.859. The minimum absolute atomic E-state index is 0.859. The van der Waals surface area contributed by atoms with Gasteiger partial charge in [0, 0.05) is 28.0 Å². The van der Waals surface area contributed by atoms with Crippen LogP contribution in [-0.4, -0.2) is 0 Å². The van der Waals surface area contributed by atoms with Crippen LogP contribution >= 0.6 is 0 Å². The maximum absolute atomic E-state index is 6.48. The first-order valence-electron chi connectivity index (χ1n) is 21.9. The Morgan fingerprint density at radius 2 is 0.719 bits per heavy atom. The molecule has 0 unspecified atom stereocenters. The van der Waals surface area contributed by atoms with Crippen molar-refractivity contribution in [1.29, 1.82) is 0 Å². The van der Waals surface area contributed by atoms with E-state index in [0.29, 0.717) is 0 Å². The number of fused-ring (bicyclic) bond motifs is 5. The van der Waals surface area contributed by atoms with Gasteiger partial charge in [-0.15, -0.1) is 0 Å². The van der Waals surface area contributed by atoms with E-state index in [9.17, 15) is 0 Å². The summed E-state index contributed by atoms with van der Waals surface area (Å²) >= 11 is 0. The molecule has 0 atom stereocenters. The highest BCUT2D eigenvalue weighted by atomic mass is 16.3. The number of benzene rings is 11. The monoisotopic (exact) mass is 815 g/mol. The zero-order chi connectivity index (χ0) is 42.4. The fourth-order valence-corrected chi connectivity index (χ4v) is 9.33. The van der Waals surface area contributed by atoms with Crippen LogP contribution in [0.1, 0.15) is 0 Å². The van der Waals surface area contributed by atoms with Crippen molar-refractivity contribution in [3.8, 4) is 55.8 Å². The van der Waals surface area contributed by atoms with Crippen molar-refractivity contribution in [1.82, 2.24) is 0 Å². The number of anilines is 3. The van der Waals surface area contributed by atoms with Crippen LogP contribution in [0.15, 0.2) is 253 Å². The smallest absolute Gasteiger partial charge is 0.136 e. The molecular weight excluding hydrogens is 775 g/mol. The molecule has 0 aliphatic carbocycles. The summed E-state index contributed by atoms with van der Waals surface area (Å²) in [4.78, 5) is 2.35. The van der Waals surface area contributed by atoms with E-state index in [1.807, 2.05) is 12.1 Å². The van der Waals surface area contributed by atoms with Crippen LogP contribution in [0, 0.1) is 0 Å². The van der Waals surface area contributed by atoms with E-state index in [0.717, 1.165) is 61.6 Å². The van der Waals surface area contributed by atoms with E-state index >= 15 is 0 Å². The predicted molar refractivity (Wildman–Crippen MR) is 271 cm³/mol. The Hall–Kier alpha value is -8.46. The van der Waals surface area contributed by atoms with Gasteiger partial charge in [-0.1, -0.05) is 182 Å². The van der Waals surface area contributed by atoms with E-state index in [-0.39, 0.29) is 0 Å². The Morgan fingerprint density at radius 1 is 0.250 bits per heavy atom. The maximum Gasteiger partial charge on any atom is 0.136 e. The highest BCUT2D eigenvalue weighted by molar-refractivity contribution is 6.08. The van der Waals surface area contributed by atoms with Gasteiger partial charge in [-0.2, -0.15) is 0 Å². The lowest BCUT2D eigenvalue weighted by Gasteiger charge is -2.26. The van der Waals surface area contributed by atoms with Crippen LogP contribution in [0.2, 0.25) is 0 Å². The van der Waals surface area contributed by atoms with Gasteiger partial charge in [0.2, 0.25) is 0 Å². The highest BCUT2D eigenvalue weighted by Crippen LogP contribution is 2.41. The lowest BCUT2D eigenvalue weighted by molar-refractivity contribution is 0.632. The van der Waals surface area contributed by atoms with Gasteiger partial charge < -0.3 is 9.32 Å². The Kier molecular flexibility index (Phi) is 9.20. The van der Waals surface area contributed by atoms with Crippen LogP contribution < -0.4 is 4.90 Å². The molecule has 64 heavy (non-hydrogen) atoms. The Morgan fingerprint density at radius 3 is 1.39 bits per heavy atom. The second-order valence-corrected chi connectivity index (χ2v) is 16.5. The van der Waals surface area contributed by atoms with Gasteiger partial charge in [-0.25, -0.2) is 0 Å². The van der Waals surface area contributed by atoms with E-state index in [2.05, 4.69) is 241 Å². The fourth-order valence-electron chi connectivity index (χ4n) is 9.33. The second-order valence-electron chi connectivity index (χ2n) is 16.5. The lowest BCUT2D eigenvalue weighted by Crippen LogP contribution is -2.09. The summed E-state index contributed by atoms with van der Waals surface area (Å²) in [5.41, 5.74) is 14.5. The van der Waals surface area contributed by atoms with Crippen molar-refractivity contribution >= 4 is 60.3 Å². The first-order chi connectivity index (χ1) is 31.7. The summed E-state index contributed by atoms with van der Waals surface area (Å²) in [6.07, 6.45) is 0. The van der Waals surface area contributed by atoms with Gasteiger partial charge >= 0.3 is 0 Å². The molecule has 1 aromatic heterocycles. The lowest BCUT2D eigenvalue weighted by atomic mass is 9.93. The fraction of sp³-hybridized carbons (Fsp3) is 0. The number of hydrogen-bond donors (Lipinski definition) is 0. The molecule has 12 rings (SSSR count). The molecule has 2 nitrogen and oxygen atoms in total. The second kappa shape index (κ2) is 15.8. The maximum atomic E-state index is 6.48. The first kappa shape index (κ1) is 37.3. The molecule has 0 saturated heterocycles. The molecule has 11 aromatic carbocycles. The summed E-state index contributed by atoms with van der Waals surface area (Å²) in [6, 6.07) is 89.7. The van der Waals surface area contributed by atoms with Gasteiger partial charge in [0.15, 0.2) is 0 Å². The highest BCUT2D eigenvalue weighted by Gasteiger charge is 2.17. The standard InChI is InChI=1S/C62H41NO/c1-2-11-46(12-3-1)58-36-29-51(40-60(58)62-41-53-15-7-9-17-61(53)64-62)45-26-34-56(35-27-45)63(54-30-22-43(23-31-54)49-20-18-42-10-4-5-14-48(42)38-49)55-32-24-44(25-33-55)50-28-37-59-52(39-50)21-19-47-13-6-8-16-57(47)59/h1-41H. The van der Waals surface area contributed by atoms with Crippen molar-refractivity contribution in [2.75, 3.05) is 4.90 Å². The normalized spacial score (nSPS) is 11.4. The van der Waals surface area contributed by atoms with Crippen molar-refractivity contribution in [3.05, 3.63) is 249 Å². The molecule has 0 aliphatic heterocycles. The Labute approximate surface area is 372 Å². The van der Waals surface area contributed by atoms with Crippen LogP contribution in [0.3, 0.4) is 0 Å². The van der Waals surface area contributed by atoms with E-state index in [1.54, 1.807) is 0 Å². The molecule has 300 valence electrons. The van der Waals surface area contributed by atoms with Crippen molar-refractivity contribution in [2.24, 2.45) is 0 Å². The third-order valence-corrected chi connectivity index (χ3v) is 12.7. The summed E-state index contributed by atoms with van der Waals surface area (Å²) < 4.78 is 6.48. The van der Waals surface area contributed by atoms with Gasteiger partial charge in [0.25, 0.3) is 0 Å². The molecule has 0 fully saturated rings. The van der Waals surface area contributed by atoms with Gasteiger partial charge in [0.05, 0.1) is 0 Å². The minimum Gasteiger partial charge on any atom is -0.456 e. The van der Waals surface area contributed by atoms with Gasteiger partial charge in [-0.3, -0.25) is 0 Å². The van der Waals surface area contributed by atoms with Crippen LogP contribution in [0.5, 0.6) is 0 Å². The molecule has 0 saturated carbocycles. The van der Waals surface area contributed by atoms with Crippen LogP contribution in [0.25, 0.3) is 99.1 Å². The van der Waals surface area contributed by atoms with Crippen molar-refractivity contribution in [3.63, 3.8) is 0 Å². The predicted octanol–water partition coefficient (Wildman–Crippen LogP) is 17.7. The van der Waals surface area contributed by atoms with Gasteiger partial charge in [0.1, 0.15) is 11.3 Å². The van der Waals surface area contributed by atoms with E-state index < -0.39 is 0 Å². The van der Waals surface area contributed by atoms with E-state index in [1.165, 1.54) is 54.6 Å². The molecule has 0 N–H and O–H groups in total. The number of nitrogens with zero attached hydrogens (tertiary/aromatic N) is 1. The first-order valence-corrected chi connectivity index (χ1v) is 21.9. The molecule has 2 heteroatoms. The average molecular weight is 816 g/mol. The molecule has 0 bridgehead atoms. The summed E-state index contributed by atoms with van der Waals surface area (Å²) in [6.45, 7) is 0. The third kappa shape index (κ3) is 6.88. The zero-order valence-electron chi connectivity index (χ0n) is 35.0. The van der Waals surface area contributed by atoms with Crippen LogP contribution in [0.4, 0.5) is 17.1 Å². The summed E-state index contributed by atoms with van der Waals surface area (Å²) in [7, 11) is 0. The quantitative estimate of drug-likeness (QED) is 0.142. The number of para-hydroxylation sites is 1. The van der Waals surface area contributed by atoms with Crippen molar-refractivity contribution < 1.29 is 4.42 Å². The number of furan rings is 1. The third-order valence-electron chi connectivity index (χ3n) is 12.7. The molecule has 0 aliphatic rings. The Bertz CT molecular complexity index is 3610. The van der Waals surface area contributed by atoms with Crippen molar-refractivity contribution in [2.45, 2.75) is 0 Å². The van der Waals surface area contributed by atoms with Crippen LogP contribution in [-0.2, 0) is 0 Å². The number of rotatable bonds is 8. The molecule has 12 aromatic rings. The van der Waals surface area contributed by atoms with E-state index in [4.69, 9.17) is 4.42 Å². The minimum atomic E-state index is 0.859. The molecule has 1 heterocycles. The molecule has 0 radical (unpaired) electrons. The largest absolute Gasteiger partial charge is 0.456 e. The Balaban J connectivity index is 0.917.